The van der Waals surface area contributed by atoms with Gasteiger partial charge in [0.25, 0.3) is 0 Å². The van der Waals surface area contributed by atoms with Gasteiger partial charge < -0.3 is 0 Å². The van der Waals surface area contributed by atoms with Gasteiger partial charge in [0.2, 0.25) is 0 Å². The van der Waals surface area contributed by atoms with E-state index in [0.717, 1.165) is 77.5 Å². The maximum absolute atomic E-state index is 5.35. The van der Waals surface area contributed by atoms with Crippen LogP contribution in [0.25, 0.3) is 164 Å². The van der Waals surface area contributed by atoms with Gasteiger partial charge in [0.1, 0.15) is 0 Å². The van der Waals surface area contributed by atoms with Crippen molar-refractivity contribution in [3.63, 3.8) is 0 Å². The Morgan fingerprint density at radius 3 is 0.754 bits per heavy atom. The third kappa shape index (κ3) is 11.8. The zero-order valence-electron chi connectivity index (χ0n) is 63.9. The lowest BCUT2D eigenvalue weighted by atomic mass is 9.67. The largest absolute Gasteiger partial charge is 0.208 e. The topological polar surface area (TPSA) is 77.3 Å². The minimum Gasteiger partial charge on any atom is -0.208 e. The van der Waals surface area contributed by atoms with Crippen molar-refractivity contribution in [1.29, 1.82) is 0 Å². The average molecular weight is 1540 g/mol. The van der Waals surface area contributed by atoms with Crippen LogP contribution in [-0.2, 0) is 10.8 Å². The summed E-state index contributed by atoms with van der Waals surface area (Å²) in [4.78, 5) is 31.5. The maximum atomic E-state index is 5.35. The second-order valence-electron chi connectivity index (χ2n) is 30.2. The molecule has 2 aliphatic carbocycles. The van der Waals surface area contributed by atoms with Gasteiger partial charge in [-0.2, -0.15) is 0 Å². The fourth-order valence-corrected chi connectivity index (χ4v) is 20.6. The number of thiophene rings is 2. The summed E-state index contributed by atoms with van der Waals surface area (Å²) in [6.07, 6.45) is 0. The molecule has 0 saturated heterocycles. The summed E-state index contributed by atoms with van der Waals surface area (Å²) in [7, 11) is 0. The predicted octanol–water partition coefficient (Wildman–Crippen LogP) is 28.2. The Bertz CT molecular complexity index is 7240. The molecule has 4 aromatic heterocycles. The molecule has 0 radical (unpaired) electrons. The monoisotopic (exact) mass is 1540 g/mol. The lowest BCUT2D eigenvalue weighted by Crippen LogP contribution is -2.28. The highest BCUT2D eigenvalue weighted by Crippen LogP contribution is 2.59. The standard InChI is InChI=1S/C58H37N3S.C52H33N3S/c1-4-17-38(18-5-1)40-21-14-23-42(35-40)55-59-56(43-24-15-22-41(36-43)39-19-6-2-7-20-39)61-57(60-55)48-29-16-32-53-54(48)49-37-45(33-34-52(49)62-53)58(44-25-8-3-9-26-44)50-30-12-10-27-46(50)47-28-11-13-31-51(47)58;1-4-16-34(17-5-1)36-20-14-21-37(32-36)50-53-49(35-18-6-2-7-19-35)54-51(55-50)42-26-15-29-47-48(42)43-33-39(30-31-46(43)56-47)52(38-22-8-3-9-23-38)44-27-12-10-24-40(44)41-25-11-13-28-45(41)52/h1-37H;1-33H. The summed E-state index contributed by atoms with van der Waals surface area (Å²) >= 11 is 3.63. The molecular weight excluding hydrogens is 1470 g/mol. The van der Waals surface area contributed by atoms with Gasteiger partial charge in [0, 0.05) is 73.7 Å². The van der Waals surface area contributed by atoms with Crippen LogP contribution in [0.4, 0.5) is 0 Å². The molecule has 23 rings (SSSR count). The molecule has 0 saturated carbocycles. The van der Waals surface area contributed by atoms with Crippen molar-refractivity contribution in [2.75, 3.05) is 0 Å². The Labute approximate surface area is 691 Å². The van der Waals surface area contributed by atoms with E-state index in [2.05, 4.69) is 388 Å². The van der Waals surface area contributed by atoms with Gasteiger partial charge in [-0.3, -0.25) is 0 Å². The van der Waals surface area contributed by atoms with Crippen LogP contribution in [0.2, 0.25) is 0 Å². The number of nitrogens with zero attached hydrogens (tertiary/aromatic N) is 6. The second kappa shape index (κ2) is 29.2. The number of hydrogen-bond acceptors (Lipinski definition) is 8. The van der Waals surface area contributed by atoms with Gasteiger partial charge in [0.05, 0.1) is 10.8 Å². The van der Waals surface area contributed by atoms with Crippen LogP contribution in [0, 0.1) is 0 Å². The minimum absolute atomic E-state index is 0.490. The molecule has 0 amide bonds. The van der Waals surface area contributed by atoms with E-state index in [1.165, 1.54) is 96.3 Å². The van der Waals surface area contributed by atoms with Crippen LogP contribution in [-0.4, -0.2) is 29.9 Å². The first-order valence-corrected chi connectivity index (χ1v) is 41.6. The summed E-state index contributed by atoms with van der Waals surface area (Å²) < 4.78 is 4.84. The molecule has 0 fully saturated rings. The van der Waals surface area contributed by atoms with E-state index in [9.17, 15) is 0 Å². The summed E-state index contributed by atoms with van der Waals surface area (Å²) in [5, 5.41) is 4.70. The van der Waals surface area contributed by atoms with Gasteiger partial charge >= 0.3 is 0 Å². The predicted molar refractivity (Wildman–Crippen MR) is 489 cm³/mol. The van der Waals surface area contributed by atoms with E-state index in [1.807, 2.05) is 59.1 Å². The highest BCUT2D eigenvalue weighted by atomic mass is 32.1. The zero-order chi connectivity index (χ0) is 78.1. The third-order valence-corrected chi connectivity index (χ3v) is 25.9. The Morgan fingerprint density at radius 1 is 0.161 bits per heavy atom. The highest BCUT2D eigenvalue weighted by molar-refractivity contribution is 7.26. The molecule has 21 aromatic rings. The molecule has 17 aromatic carbocycles. The lowest BCUT2D eigenvalue weighted by Gasteiger charge is -2.34. The van der Waals surface area contributed by atoms with Crippen LogP contribution in [0.5, 0.6) is 0 Å². The normalized spacial score (nSPS) is 12.7. The Hall–Kier alpha value is -14.8. The molecule has 0 aliphatic heterocycles. The molecule has 0 bridgehead atoms. The van der Waals surface area contributed by atoms with E-state index in [-0.39, 0.29) is 0 Å². The average Bonchev–Trinajstić information content (AvgIpc) is 1.54. The SMILES string of the molecule is c1ccc(-c2cccc(-c3nc(-c4cccc(-c5ccccc5)c4)nc(-c4cccc5sc6ccc(C7(c8ccccc8)c8ccccc8-c8ccccc87)cc6c45)n3)c2)cc1.c1ccc(-c2cccc(-c3nc(-c4ccccc4)nc(-c4cccc5sc6ccc(C7(c8ccccc8)c8ccccc8-c8ccccc87)cc6c45)n3)c2)cc1. The van der Waals surface area contributed by atoms with E-state index < -0.39 is 10.8 Å². The van der Waals surface area contributed by atoms with Crippen molar-refractivity contribution >= 4 is 63.0 Å². The summed E-state index contributed by atoms with van der Waals surface area (Å²) in [6, 6.07) is 152. The fraction of sp³-hybridized carbons (Fsp3) is 0.0182. The quantitative estimate of drug-likeness (QED) is 0.114. The van der Waals surface area contributed by atoms with Crippen molar-refractivity contribution in [2.45, 2.75) is 10.8 Å². The van der Waals surface area contributed by atoms with Gasteiger partial charge in [0.15, 0.2) is 34.9 Å². The molecule has 0 N–H and O–H groups in total. The van der Waals surface area contributed by atoms with E-state index in [1.54, 1.807) is 0 Å². The van der Waals surface area contributed by atoms with E-state index in [4.69, 9.17) is 29.9 Å². The van der Waals surface area contributed by atoms with Crippen molar-refractivity contribution < 1.29 is 0 Å². The Balaban J connectivity index is 0.000000143. The molecular formula is C110H70N6S2. The summed E-state index contributed by atoms with van der Waals surface area (Å²) in [5.41, 5.74) is 26.8. The number of benzene rings is 17. The molecule has 0 unspecified atom stereocenters. The molecule has 4 heterocycles. The van der Waals surface area contributed by atoms with Crippen LogP contribution in [0.3, 0.4) is 0 Å². The molecule has 6 nitrogen and oxygen atoms in total. The fourth-order valence-electron chi connectivity index (χ4n) is 18.4. The smallest absolute Gasteiger partial charge is 0.164 e. The van der Waals surface area contributed by atoms with Crippen LogP contribution < -0.4 is 0 Å². The first-order valence-electron chi connectivity index (χ1n) is 40.0. The molecule has 2 aliphatic rings. The first-order chi connectivity index (χ1) is 58.5. The zero-order valence-corrected chi connectivity index (χ0v) is 65.5. The van der Waals surface area contributed by atoms with Gasteiger partial charge in [-0.25, -0.2) is 29.9 Å². The minimum atomic E-state index is -0.507. The van der Waals surface area contributed by atoms with Crippen molar-refractivity contribution in [2.24, 2.45) is 0 Å². The first kappa shape index (κ1) is 69.9. The van der Waals surface area contributed by atoms with E-state index >= 15 is 0 Å². The number of aromatic nitrogens is 6. The number of fused-ring (bicyclic) bond motifs is 12. The van der Waals surface area contributed by atoms with Crippen molar-refractivity contribution in [3.05, 3.63) is 469 Å². The highest BCUT2D eigenvalue weighted by Gasteiger charge is 2.48. The summed E-state index contributed by atoms with van der Waals surface area (Å²) in [5.74, 6) is 3.86. The third-order valence-electron chi connectivity index (χ3n) is 23.6. The molecule has 8 heteroatoms. The molecule has 118 heavy (non-hydrogen) atoms. The lowest BCUT2D eigenvalue weighted by molar-refractivity contribution is 0.770. The summed E-state index contributed by atoms with van der Waals surface area (Å²) in [6.45, 7) is 0. The Morgan fingerprint density at radius 2 is 0.415 bits per heavy atom. The van der Waals surface area contributed by atoms with Crippen molar-refractivity contribution in [1.82, 2.24) is 29.9 Å². The maximum Gasteiger partial charge on any atom is 0.164 e. The van der Waals surface area contributed by atoms with E-state index in [0.29, 0.717) is 34.9 Å². The van der Waals surface area contributed by atoms with Crippen LogP contribution in [0.15, 0.2) is 425 Å². The molecule has 0 spiro atoms. The van der Waals surface area contributed by atoms with Gasteiger partial charge in [-0.1, -0.05) is 370 Å². The number of rotatable bonds is 13. The van der Waals surface area contributed by atoms with Gasteiger partial charge in [-0.15, -0.1) is 22.7 Å². The van der Waals surface area contributed by atoms with Crippen LogP contribution in [0.1, 0.15) is 44.5 Å². The molecule has 0 atom stereocenters. The van der Waals surface area contributed by atoms with Crippen LogP contribution >= 0.6 is 22.7 Å². The van der Waals surface area contributed by atoms with Crippen molar-refractivity contribution in [3.8, 4) is 124 Å². The number of hydrogen-bond donors (Lipinski definition) is 0. The second-order valence-corrected chi connectivity index (χ2v) is 32.4. The Kier molecular flexibility index (Phi) is 17.3. The molecule has 552 valence electrons. The van der Waals surface area contributed by atoms with Gasteiger partial charge in [-0.05, 0) is 155 Å².